The van der Waals surface area contributed by atoms with Gasteiger partial charge in [0.2, 0.25) is 0 Å². The largest absolute Gasteiger partial charge is 0.317 e. The van der Waals surface area contributed by atoms with Crippen LogP contribution in [0.15, 0.2) is 146 Å². The Bertz CT molecular complexity index is 2340. The van der Waals surface area contributed by atoms with Gasteiger partial charge in [0.25, 0.3) is 0 Å². The minimum absolute atomic E-state index is 0.171. The van der Waals surface area contributed by atoms with Crippen molar-refractivity contribution < 1.29 is 0 Å². The number of fused-ring (bicyclic) bond motifs is 7. The molecule has 0 unspecified atom stereocenters. The Balaban J connectivity index is 1.35. The SMILES string of the molecule is CC1(C)c2ccccc2-n2cc3c4ccccc4n(-c4ccccc4-c4cc(-c5ccccc5)nc(-c5ccccc5)n4)c3c21. The fraction of sp³-hybridized carbons (Fsp3) is 0.0732. The van der Waals surface area contributed by atoms with Gasteiger partial charge >= 0.3 is 0 Å². The van der Waals surface area contributed by atoms with Gasteiger partial charge in [-0.15, -0.1) is 0 Å². The molecule has 0 bridgehead atoms. The highest BCUT2D eigenvalue weighted by Crippen LogP contribution is 2.49. The Morgan fingerprint density at radius 1 is 0.556 bits per heavy atom. The molecule has 9 rings (SSSR count). The first-order chi connectivity index (χ1) is 22.1. The molecule has 0 atom stereocenters. The van der Waals surface area contributed by atoms with E-state index in [2.05, 4.69) is 144 Å². The summed E-state index contributed by atoms with van der Waals surface area (Å²) in [5.74, 6) is 0.714. The fourth-order valence-corrected chi connectivity index (χ4v) is 7.26. The van der Waals surface area contributed by atoms with Crippen LogP contribution in [0.2, 0.25) is 0 Å². The lowest BCUT2D eigenvalue weighted by atomic mass is 9.83. The minimum Gasteiger partial charge on any atom is -0.317 e. The summed E-state index contributed by atoms with van der Waals surface area (Å²) in [6.45, 7) is 4.70. The van der Waals surface area contributed by atoms with E-state index in [0.29, 0.717) is 5.82 Å². The van der Waals surface area contributed by atoms with E-state index in [0.717, 1.165) is 33.8 Å². The van der Waals surface area contributed by atoms with Gasteiger partial charge in [-0.25, -0.2) is 9.97 Å². The van der Waals surface area contributed by atoms with Crippen molar-refractivity contribution in [2.24, 2.45) is 0 Å². The lowest BCUT2D eigenvalue weighted by molar-refractivity contribution is 0.646. The summed E-state index contributed by atoms with van der Waals surface area (Å²) in [6.07, 6.45) is 2.34. The van der Waals surface area contributed by atoms with Crippen molar-refractivity contribution in [3.63, 3.8) is 0 Å². The molecule has 0 spiro atoms. The first-order valence-electron chi connectivity index (χ1n) is 15.4. The number of benzene rings is 5. The summed E-state index contributed by atoms with van der Waals surface area (Å²) in [6, 6.07) is 49.0. The quantitative estimate of drug-likeness (QED) is 0.208. The van der Waals surface area contributed by atoms with Gasteiger partial charge in [0, 0.05) is 44.8 Å². The Labute approximate surface area is 261 Å². The van der Waals surface area contributed by atoms with Gasteiger partial charge in [-0.2, -0.15) is 0 Å². The summed E-state index contributed by atoms with van der Waals surface area (Å²) < 4.78 is 4.88. The zero-order valence-corrected chi connectivity index (χ0v) is 25.1. The third-order valence-corrected chi connectivity index (χ3v) is 9.31. The first-order valence-corrected chi connectivity index (χ1v) is 15.4. The molecular formula is C41H30N4. The Morgan fingerprint density at radius 3 is 1.98 bits per heavy atom. The van der Waals surface area contributed by atoms with Crippen LogP contribution >= 0.6 is 0 Å². The molecule has 1 aliphatic heterocycles. The molecule has 3 aromatic heterocycles. The predicted octanol–water partition coefficient (Wildman–Crippen LogP) is 10.0. The van der Waals surface area contributed by atoms with E-state index in [9.17, 15) is 0 Å². The second kappa shape index (κ2) is 9.63. The molecule has 0 saturated heterocycles. The molecule has 1 aliphatic rings. The average molecular weight is 579 g/mol. The van der Waals surface area contributed by atoms with Crippen molar-refractivity contribution in [3.05, 3.63) is 157 Å². The predicted molar refractivity (Wildman–Crippen MR) is 184 cm³/mol. The van der Waals surface area contributed by atoms with Crippen LogP contribution in [-0.4, -0.2) is 19.1 Å². The average Bonchev–Trinajstić information content (AvgIpc) is 3.71. The third-order valence-electron chi connectivity index (χ3n) is 9.31. The maximum Gasteiger partial charge on any atom is 0.160 e. The highest BCUT2D eigenvalue weighted by molar-refractivity contribution is 6.12. The second-order valence-corrected chi connectivity index (χ2v) is 12.3. The van der Waals surface area contributed by atoms with Crippen molar-refractivity contribution in [2.75, 3.05) is 0 Å². The number of hydrogen-bond donors (Lipinski definition) is 0. The smallest absolute Gasteiger partial charge is 0.160 e. The van der Waals surface area contributed by atoms with Crippen LogP contribution in [0, 0.1) is 0 Å². The molecular weight excluding hydrogens is 548 g/mol. The van der Waals surface area contributed by atoms with Crippen molar-refractivity contribution in [1.82, 2.24) is 19.1 Å². The molecule has 5 aromatic carbocycles. The van der Waals surface area contributed by atoms with Crippen molar-refractivity contribution >= 4 is 21.8 Å². The minimum atomic E-state index is -0.171. The topological polar surface area (TPSA) is 35.6 Å². The van der Waals surface area contributed by atoms with Crippen LogP contribution in [-0.2, 0) is 5.41 Å². The first kappa shape index (κ1) is 25.7. The molecule has 0 N–H and O–H groups in total. The second-order valence-electron chi connectivity index (χ2n) is 12.3. The molecule has 0 fully saturated rings. The summed E-state index contributed by atoms with van der Waals surface area (Å²) in [5, 5.41) is 2.51. The molecule has 4 nitrogen and oxygen atoms in total. The van der Waals surface area contributed by atoms with E-state index in [1.54, 1.807) is 0 Å². The zero-order chi connectivity index (χ0) is 30.1. The van der Waals surface area contributed by atoms with Crippen molar-refractivity contribution in [2.45, 2.75) is 19.3 Å². The number of para-hydroxylation sites is 3. The fourth-order valence-electron chi connectivity index (χ4n) is 7.26. The van der Waals surface area contributed by atoms with Crippen LogP contribution in [0.4, 0.5) is 0 Å². The third kappa shape index (κ3) is 3.79. The zero-order valence-electron chi connectivity index (χ0n) is 25.1. The van der Waals surface area contributed by atoms with Gasteiger partial charge in [0.1, 0.15) is 0 Å². The van der Waals surface area contributed by atoms with Crippen LogP contribution in [0.5, 0.6) is 0 Å². The highest BCUT2D eigenvalue weighted by Gasteiger charge is 2.39. The van der Waals surface area contributed by atoms with Crippen LogP contribution in [0.1, 0.15) is 25.1 Å². The molecule has 214 valence electrons. The number of rotatable bonds is 4. The standard InChI is InChI=1S/C41H30N4/c1-41(2)32-21-11-14-24-37(32)44-26-31-29-19-9-12-22-35(29)45(38(31)39(41)44)36-23-13-10-20-30(36)34-25-33(27-15-5-3-6-16-27)42-40(43-34)28-17-7-4-8-18-28/h3-26H,1-2H3. The molecule has 0 saturated carbocycles. The van der Waals surface area contributed by atoms with Crippen LogP contribution in [0.25, 0.3) is 67.1 Å². The lowest BCUT2D eigenvalue weighted by Crippen LogP contribution is -2.16. The number of hydrogen-bond acceptors (Lipinski definition) is 2. The van der Waals surface area contributed by atoms with E-state index in [1.807, 2.05) is 24.3 Å². The van der Waals surface area contributed by atoms with E-state index >= 15 is 0 Å². The Hall–Kier alpha value is -5.74. The monoisotopic (exact) mass is 578 g/mol. The van der Waals surface area contributed by atoms with Gasteiger partial charge in [-0.05, 0) is 29.8 Å². The molecule has 0 aliphatic carbocycles. The molecule has 8 aromatic rings. The van der Waals surface area contributed by atoms with E-state index in [4.69, 9.17) is 9.97 Å². The van der Waals surface area contributed by atoms with Crippen molar-refractivity contribution in [1.29, 1.82) is 0 Å². The molecule has 0 radical (unpaired) electrons. The maximum absolute atomic E-state index is 5.22. The lowest BCUT2D eigenvalue weighted by Gasteiger charge is -2.21. The number of aromatic nitrogens is 4. The maximum atomic E-state index is 5.22. The molecule has 45 heavy (non-hydrogen) atoms. The Kier molecular flexibility index (Phi) is 5.51. The van der Waals surface area contributed by atoms with Crippen LogP contribution < -0.4 is 0 Å². The molecule has 4 heteroatoms. The van der Waals surface area contributed by atoms with Gasteiger partial charge in [0.15, 0.2) is 5.82 Å². The normalized spacial score (nSPS) is 13.3. The van der Waals surface area contributed by atoms with Crippen molar-refractivity contribution in [3.8, 4) is 45.3 Å². The van der Waals surface area contributed by atoms with Gasteiger partial charge in [-0.3, -0.25) is 0 Å². The van der Waals surface area contributed by atoms with Gasteiger partial charge in [0.05, 0.1) is 33.8 Å². The van der Waals surface area contributed by atoms with E-state index in [-0.39, 0.29) is 5.41 Å². The van der Waals surface area contributed by atoms with E-state index < -0.39 is 0 Å². The van der Waals surface area contributed by atoms with E-state index in [1.165, 1.54) is 38.8 Å². The molecule has 4 heterocycles. The molecule has 0 amide bonds. The van der Waals surface area contributed by atoms with Gasteiger partial charge in [-0.1, -0.05) is 129 Å². The van der Waals surface area contributed by atoms with Crippen LogP contribution in [0.3, 0.4) is 0 Å². The highest BCUT2D eigenvalue weighted by atomic mass is 15.1. The summed E-state index contributed by atoms with van der Waals surface area (Å²) in [7, 11) is 0. The summed E-state index contributed by atoms with van der Waals surface area (Å²) in [4.78, 5) is 10.3. The summed E-state index contributed by atoms with van der Waals surface area (Å²) >= 11 is 0. The van der Waals surface area contributed by atoms with Gasteiger partial charge < -0.3 is 9.13 Å². The summed E-state index contributed by atoms with van der Waals surface area (Å²) in [5.41, 5.74) is 12.2. The Morgan fingerprint density at radius 2 is 1.18 bits per heavy atom. The number of nitrogens with zero attached hydrogens (tertiary/aromatic N) is 4.